The van der Waals surface area contributed by atoms with Gasteiger partial charge in [0.25, 0.3) is 5.91 Å². The van der Waals surface area contributed by atoms with Crippen molar-refractivity contribution in [1.82, 2.24) is 5.43 Å². The summed E-state index contributed by atoms with van der Waals surface area (Å²) in [6, 6.07) is 25.2. The lowest BCUT2D eigenvalue weighted by Gasteiger charge is -2.19. The van der Waals surface area contributed by atoms with E-state index in [9.17, 15) is 23.1 Å². The van der Waals surface area contributed by atoms with Crippen molar-refractivity contribution in [2.75, 3.05) is 7.11 Å². The van der Waals surface area contributed by atoms with E-state index in [4.69, 9.17) is 18.9 Å². The van der Waals surface area contributed by atoms with Gasteiger partial charge in [0.1, 0.15) is 37.3 Å². The highest BCUT2D eigenvalue weighted by atomic mass is 19.1. The number of nitrogens with zero attached hydrogens (tertiary/aromatic N) is 1. The van der Waals surface area contributed by atoms with E-state index in [0.717, 1.165) is 0 Å². The van der Waals surface area contributed by atoms with Crippen molar-refractivity contribution in [2.24, 2.45) is 5.10 Å². The van der Waals surface area contributed by atoms with E-state index in [1.165, 1.54) is 80.1 Å². The number of phenols is 1. The van der Waals surface area contributed by atoms with Crippen molar-refractivity contribution >= 4 is 12.1 Å². The summed E-state index contributed by atoms with van der Waals surface area (Å²) >= 11 is 0. The van der Waals surface area contributed by atoms with Crippen LogP contribution in [0.3, 0.4) is 0 Å². The highest BCUT2D eigenvalue weighted by Crippen LogP contribution is 2.41. The van der Waals surface area contributed by atoms with E-state index in [1.54, 1.807) is 36.4 Å². The minimum Gasteiger partial charge on any atom is -0.504 e. The van der Waals surface area contributed by atoms with Crippen LogP contribution in [0.2, 0.25) is 0 Å². The van der Waals surface area contributed by atoms with Crippen LogP contribution in [0.25, 0.3) is 0 Å². The van der Waals surface area contributed by atoms with Crippen molar-refractivity contribution < 1.29 is 42.0 Å². The summed E-state index contributed by atoms with van der Waals surface area (Å²) < 4.78 is 66.5. The van der Waals surface area contributed by atoms with Crippen LogP contribution in [0.15, 0.2) is 108 Å². The fraction of sp³-hybridized carbons (Fsp3) is 0.111. The maximum absolute atomic E-state index is 14.5. The standard InChI is InChI=1S/C36H29F3N2O6/c1-44-32-16-23(14-15-31(32)42)19-40-41-36(43)27-17-33(45-20-24-8-2-5-11-28(24)37)35(47-22-26-10-4-7-13-30(26)39)34(18-27)46-21-25-9-3-6-12-29(25)38/h2-19,42H,20-22H2,1H3,(H,41,43)/b40-19-. The normalized spacial score (nSPS) is 10.9. The van der Waals surface area contributed by atoms with E-state index >= 15 is 0 Å². The number of ether oxygens (including phenoxy) is 4. The summed E-state index contributed by atoms with van der Waals surface area (Å²) in [6.45, 7) is -0.743. The van der Waals surface area contributed by atoms with Gasteiger partial charge in [0.15, 0.2) is 23.0 Å². The maximum Gasteiger partial charge on any atom is 0.271 e. The van der Waals surface area contributed by atoms with Crippen LogP contribution >= 0.6 is 0 Å². The molecular weight excluding hydrogens is 613 g/mol. The zero-order valence-electron chi connectivity index (χ0n) is 25.1. The first-order valence-electron chi connectivity index (χ1n) is 14.3. The smallest absolute Gasteiger partial charge is 0.271 e. The molecule has 47 heavy (non-hydrogen) atoms. The Labute approximate surface area is 268 Å². The molecular formula is C36H29F3N2O6. The Morgan fingerprint density at radius 1 is 0.702 bits per heavy atom. The summed E-state index contributed by atoms with van der Waals surface area (Å²) in [5.74, 6) is -2.10. The highest BCUT2D eigenvalue weighted by Gasteiger charge is 2.21. The summed E-state index contributed by atoms with van der Waals surface area (Å²) in [7, 11) is 1.40. The second-order valence-corrected chi connectivity index (χ2v) is 10.1. The number of hydrogen-bond donors (Lipinski definition) is 2. The van der Waals surface area contributed by atoms with Crippen LogP contribution in [-0.2, 0) is 19.8 Å². The Kier molecular flexibility index (Phi) is 10.6. The number of carbonyl (C=O) groups excluding carboxylic acids is 1. The van der Waals surface area contributed by atoms with Gasteiger partial charge in [0.2, 0.25) is 5.75 Å². The third kappa shape index (κ3) is 8.40. The van der Waals surface area contributed by atoms with Crippen LogP contribution in [0.5, 0.6) is 28.7 Å². The van der Waals surface area contributed by atoms with Gasteiger partial charge in [-0.05, 0) is 54.1 Å². The molecule has 11 heteroatoms. The summed E-state index contributed by atoms with van der Waals surface area (Å²) in [5, 5.41) is 13.8. The van der Waals surface area contributed by atoms with Gasteiger partial charge in [-0.3, -0.25) is 4.79 Å². The molecule has 240 valence electrons. The van der Waals surface area contributed by atoms with Gasteiger partial charge in [-0.25, -0.2) is 18.6 Å². The fourth-order valence-electron chi connectivity index (χ4n) is 4.38. The summed E-state index contributed by atoms with van der Waals surface area (Å²) in [4.78, 5) is 13.3. The molecule has 5 aromatic carbocycles. The Balaban J connectivity index is 1.49. The van der Waals surface area contributed by atoms with Gasteiger partial charge in [0, 0.05) is 22.3 Å². The van der Waals surface area contributed by atoms with Crippen LogP contribution in [0, 0.1) is 17.5 Å². The number of hydrogen-bond acceptors (Lipinski definition) is 7. The van der Waals surface area contributed by atoms with Crippen LogP contribution in [0.1, 0.15) is 32.6 Å². The van der Waals surface area contributed by atoms with Crippen molar-refractivity contribution in [1.29, 1.82) is 0 Å². The molecule has 0 atom stereocenters. The molecule has 8 nitrogen and oxygen atoms in total. The molecule has 5 rings (SSSR count). The first-order chi connectivity index (χ1) is 22.8. The molecule has 1 amide bonds. The maximum atomic E-state index is 14.5. The number of hydrazone groups is 1. The molecule has 0 bridgehead atoms. The summed E-state index contributed by atoms with van der Waals surface area (Å²) in [6.07, 6.45) is 1.34. The zero-order valence-corrected chi connectivity index (χ0v) is 25.1. The number of aromatic hydroxyl groups is 1. The largest absolute Gasteiger partial charge is 0.504 e. The number of nitrogens with one attached hydrogen (secondary N) is 1. The number of carbonyl (C=O) groups is 1. The number of amides is 1. The molecule has 0 saturated carbocycles. The molecule has 0 heterocycles. The van der Waals surface area contributed by atoms with E-state index < -0.39 is 23.4 Å². The average molecular weight is 643 g/mol. The first-order valence-corrected chi connectivity index (χ1v) is 14.3. The number of benzene rings is 5. The lowest BCUT2D eigenvalue weighted by Crippen LogP contribution is -2.18. The van der Waals surface area contributed by atoms with E-state index in [0.29, 0.717) is 5.56 Å². The van der Waals surface area contributed by atoms with Crippen molar-refractivity contribution in [2.45, 2.75) is 19.8 Å². The zero-order chi connectivity index (χ0) is 33.2. The Hall–Kier alpha value is -5.97. The predicted octanol–water partition coefficient (Wildman–Crippen LogP) is 7.32. The average Bonchev–Trinajstić information content (AvgIpc) is 3.08. The van der Waals surface area contributed by atoms with Gasteiger partial charge < -0.3 is 24.1 Å². The van der Waals surface area contributed by atoms with Crippen LogP contribution in [0.4, 0.5) is 13.2 Å². The molecule has 0 aliphatic heterocycles. The second kappa shape index (κ2) is 15.3. The van der Waals surface area contributed by atoms with E-state index in [1.807, 2.05) is 0 Å². The second-order valence-electron chi connectivity index (χ2n) is 10.1. The molecule has 0 aromatic heterocycles. The van der Waals surface area contributed by atoms with Gasteiger partial charge in [-0.2, -0.15) is 5.10 Å². The van der Waals surface area contributed by atoms with Crippen LogP contribution < -0.4 is 24.4 Å². The molecule has 0 saturated heterocycles. The third-order valence-electron chi connectivity index (χ3n) is 6.88. The Morgan fingerprint density at radius 3 is 1.68 bits per heavy atom. The van der Waals surface area contributed by atoms with E-state index in [2.05, 4.69) is 10.5 Å². The lowest BCUT2D eigenvalue weighted by molar-refractivity contribution is 0.0953. The van der Waals surface area contributed by atoms with Gasteiger partial charge in [-0.1, -0.05) is 54.6 Å². The summed E-state index contributed by atoms with van der Waals surface area (Å²) in [5.41, 5.74) is 3.63. The molecule has 5 aromatic rings. The monoisotopic (exact) mass is 642 g/mol. The number of halogens is 3. The van der Waals surface area contributed by atoms with Gasteiger partial charge in [0.05, 0.1) is 13.3 Å². The fourth-order valence-corrected chi connectivity index (χ4v) is 4.38. The molecule has 0 fully saturated rings. The number of rotatable bonds is 13. The van der Waals surface area contributed by atoms with E-state index in [-0.39, 0.29) is 70.8 Å². The Morgan fingerprint density at radius 2 is 1.19 bits per heavy atom. The molecule has 0 aliphatic carbocycles. The van der Waals surface area contributed by atoms with Gasteiger partial charge in [-0.15, -0.1) is 0 Å². The number of phenolic OH excluding ortho intramolecular Hbond substituents is 1. The molecule has 0 aliphatic rings. The third-order valence-corrected chi connectivity index (χ3v) is 6.88. The first kappa shape index (κ1) is 32.4. The van der Waals surface area contributed by atoms with Gasteiger partial charge >= 0.3 is 0 Å². The van der Waals surface area contributed by atoms with Crippen molar-refractivity contribution in [3.63, 3.8) is 0 Å². The lowest BCUT2D eigenvalue weighted by atomic mass is 10.1. The SMILES string of the molecule is COc1cc(/C=N\NC(=O)c2cc(OCc3ccccc3F)c(OCc3ccccc3F)c(OCc3ccccc3F)c2)ccc1O. The minimum atomic E-state index is -0.681. The quantitative estimate of drug-likeness (QED) is 0.103. The van der Waals surface area contributed by atoms with Crippen molar-refractivity contribution in [3.05, 3.63) is 148 Å². The molecule has 0 spiro atoms. The number of methoxy groups -OCH3 is 1. The molecule has 0 radical (unpaired) electrons. The molecule has 0 unspecified atom stereocenters. The topological polar surface area (TPSA) is 98.6 Å². The Bertz CT molecular complexity index is 1830. The minimum absolute atomic E-state index is 0.00995. The highest BCUT2D eigenvalue weighted by molar-refractivity contribution is 5.96. The van der Waals surface area contributed by atoms with Crippen molar-refractivity contribution in [3.8, 4) is 28.7 Å². The van der Waals surface area contributed by atoms with Crippen LogP contribution in [-0.4, -0.2) is 24.3 Å². The molecule has 2 N–H and O–H groups in total. The predicted molar refractivity (Wildman–Crippen MR) is 168 cm³/mol.